The fourth-order valence-electron chi connectivity index (χ4n) is 2.43. The van der Waals surface area contributed by atoms with Crippen LogP contribution in [0.1, 0.15) is 31.2 Å². The standard InChI is InChI=1S/C13H15BrCl2/c14-10-4-1-3-9(7-10)8-11-12(15)5-2-6-13(11)16/h2,5-6,9-10H,1,3-4,7-8H2. The molecule has 1 aromatic carbocycles. The van der Waals surface area contributed by atoms with E-state index < -0.39 is 0 Å². The van der Waals surface area contributed by atoms with Crippen molar-refractivity contribution in [3.8, 4) is 0 Å². The molecule has 3 heteroatoms. The van der Waals surface area contributed by atoms with E-state index in [0.29, 0.717) is 4.83 Å². The Hall–Kier alpha value is 0.280. The molecule has 0 radical (unpaired) electrons. The number of hydrogen-bond donors (Lipinski definition) is 0. The van der Waals surface area contributed by atoms with Gasteiger partial charge in [0.05, 0.1) is 0 Å². The molecular weight excluding hydrogens is 307 g/mol. The van der Waals surface area contributed by atoms with E-state index in [-0.39, 0.29) is 0 Å². The molecule has 88 valence electrons. The van der Waals surface area contributed by atoms with Crippen molar-refractivity contribution in [3.05, 3.63) is 33.8 Å². The Morgan fingerprint density at radius 2 is 1.88 bits per heavy atom. The van der Waals surface area contributed by atoms with Crippen LogP contribution in [-0.2, 0) is 6.42 Å². The topological polar surface area (TPSA) is 0 Å². The quantitative estimate of drug-likeness (QED) is 0.632. The maximum absolute atomic E-state index is 6.19. The monoisotopic (exact) mass is 320 g/mol. The van der Waals surface area contributed by atoms with E-state index in [2.05, 4.69) is 15.9 Å². The van der Waals surface area contributed by atoms with Gasteiger partial charge in [0.2, 0.25) is 0 Å². The van der Waals surface area contributed by atoms with Crippen LogP contribution in [0.25, 0.3) is 0 Å². The molecule has 0 saturated heterocycles. The van der Waals surface area contributed by atoms with Gasteiger partial charge in [-0.3, -0.25) is 0 Å². The van der Waals surface area contributed by atoms with E-state index in [1.165, 1.54) is 25.7 Å². The minimum absolute atomic E-state index is 0.674. The molecule has 2 rings (SSSR count). The molecule has 1 aliphatic rings. The zero-order chi connectivity index (χ0) is 11.5. The van der Waals surface area contributed by atoms with Crippen LogP contribution in [0.3, 0.4) is 0 Å². The van der Waals surface area contributed by atoms with E-state index >= 15 is 0 Å². The van der Waals surface area contributed by atoms with Crippen molar-refractivity contribution in [2.45, 2.75) is 36.9 Å². The van der Waals surface area contributed by atoms with Crippen molar-refractivity contribution in [2.75, 3.05) is 0 Å². The second-order valence-electron chi connectivity index (χ2n) is 4.53. The summed E-state index contributed by atoms with van der Waals surface area (Å²) >= 11 is 16.1. The van der Waals surface area contributed by atoms with Crippen molar-refractivity contribution >= 4 is 39.1 Å². The van der Waals surface area contributed by atoms with Gasteiger partial charge in [-0.25, -0.2) is 0 Å². The Morgan fingerprint density at radius 3 is 2.50 bits per heavy atom. The van der Waals surface area contributed by atoms with Crippen LogP contribution in [-0.4, -0.2) is 4.83 Å². The number of hydrogen-bond acceptors (Lipinski definition) is 0. The van der Waals surface area contributed by atoms with Gasteiger partial charge in [0.1, 0.15) is 0 Å². The van der Waals surface area contributed by atoms with Gasteiger partial charge in [-0.05, 0) is 42.9 Å². The van der Waals surface area contributed by atoms with Crippen molar-refractivity contribution in [1.82, 2.24) is 0 Å². The molecule has 1 saturated carbocycles. The lowest BCUT2D eigenvalue weighted by atomic mass is 9.85. The molecule has 0 amide bonds. The van der Waals surface area contributed by atoms with Gasteiger partial charge in [-0.2, -0.15) is 0 Å². The highest BCUT2D eigenvalue weighted by Gasteiger charge is 2.21. The lowest BCUT2D eigenvalue weighted by Crippen LogP contribution is -2.17. The van der Waals surface area contributed by atoms with Gasteiger partial charge in [0.15, 0.2) is 0 Å². The normalized spacial score (nSPS) is 25.7. The summed E-state index contributed by atoms with van der Waals surface area (Å²) in [5, 5.41) is 1.62. The molecule has 1 fully saturated rings. The second-order valence-corrected chi connectivity index (χ2v) is 6.64. The predicted molar refractivity (Wildman–Crippen MR) is 74.8 cm³/mol. The van der Waals surface area contributed by atoms with Crippen LogP contribution < -0.4 is 0 Å². The third-order valence-electron chi connectivity index (χ3n) is 3.27. The Kier molecular flexibility index (Phi) is 4.57. The summed E-state index contributed by atoms with van der Waals surface area (Å²) in [6.07, 6.45) is 6.15. The Balaban J connectivity index is 2.08. The summed E-state index contributed by atoms with van der Waals surface area (Å²) in [5.41, 5.74) is 1.12. The van der Waals surface area contributed by atoms with Crippen LogP contribution in [0.4, 0.5) is 0 Å². The molecule has 2 unspecified atom stereocenters. The SMILES string of the molecule is Clc1cccc(Cl)c1CC1CCCC(Br)C1. The smallest absolute Gasteiger partial charge is 0.0452 e. The molecule has 1 aliphatic carbocycles. The summed E-state index contributed by atoms with van der Waals surface area (Å²) in [5.74, 6) is 0.718. The van der Waals surface area contributed by atoms with Gasteiger partial charge in [0.25, 0.3) is 0 Å². The maximum atomic E-state index is 6.19. The van der Waals surface area contributed by atoms with Gasteiger partial charge < -0.3 is 0 Å². The third-order valence-corrected chi connectivity index (χ3v) is 4.81. The van der Waals surface area contributed by atoms with Gasteiger partial charge in [0, 0.05) is 14.9 Å². The fourth-order valence-corrected chi connectivity index (χ4v) is 3.83. The molecular formula is C13H15BrCl2. The lowest BCUT2D eigenvalue weighted by molar-refractivity contribution is 0.368. The first-order valence-corrected chi connectivity index (χ1v) is 7.41. The van der Waals surface area contributed by atoms with Crippen LogP contribution in [0.15, 0.2) is 18.2 Å². The highest BCUT2D eigenvalue weighted by Crippen LogP contribution is 2.34. The third kappa shape index (κ3) is 3.15. The summed E-state index contributed by atoms with van der Waals surface area (Å²) in [6, 6.07) is 5.76. The molecule has 16 heavy (non-hydrogen) atoms. The van der Waals surface area contributed by atoms with Crippen molar-refractivity contribution in [1.29, 1.82) is 0 Å². The number of alkyl halides is 1. The van der Waals surface area contributed by atoms with E-state index in [1.54, 1.807) is 0 Å². The predicted octanol–water partition coefficient (Wildman–Crippen LogP) is 5.49. The molecule has 0 bridgehead atoms. The highest BCUT2D eigenvalue weighted by molar-refractivity contribution is 9.09. The van der Waals surface area contributed by atoms with E-state index in [1.807, 2.05) is 18.2 Å². The molecule has 0 spiro atoms. The molecule has 2 atom stereocenters. The summed E-state index contributed by atoms with van der Waals surface area (Å²) in [6.45, 7) is 0. The summed E-state index contributed by atoms with van der Waals surface area (Å²) in [7, 11) is 0. The van der Waals surface area contributed by atoms with Crippen molar-refractivity contribution < 1.29 is 0 Å². The number of halogens is 3. The highest BCUT2D eigenvalue weighted by atomic mass is 79.9. The number of rotatable bonds is 2. The van der Waals surface area contributed by atoms with E-state index in [4.69, 9.17) is 23.2 Å². The zero-order valence-electron chi connectivity index (χ0n) is 9.06. The average Bonchev–Trinajstić information content (AvgIpc) is 2.24. The minimum atomic E-state index is 0.674. The molecule has 0 aromatic heterocycles. The molecule has 0 aliphatic heterocycles. The molecule has 0 N–H and O–H groups in total. The Morgan fingerprint density at radius 1 is 1.19 bits per heavy atom. The first-order valence-electron chi connectivity index (χ1n) is 5.73. The molecule has 0 nitrogen and oxygen atoms in total. The Labute approximate surface area is 115 Å². The summed E-state index contributed by atoms with van der Waals surface area (Å²) in [4.78, 5) is 0.674. The zero-order valence-corrected chi connectivity index (χ0v) is 12.2. The first kappa shape index (κ1) is 12.7. The first-order chi connectivity index (χ1) is 7.66. The molecule has 1 aromatic rings. The van der Waals surface area contributed by atoms with E-state index in [9.17, 15) is 0 Å². The minimum Gasteiger partial charge on any atom is -0.0891 e. The van der Waals surface area contributed by atoms with Gasteiger partial charge in [-0.1, -0.05) is 58.0 Å². The largest absolute Gasteiger partial charge is 0.0891 e. The number of benzene rings is 1. The summed E-state index contributed by atoms with van der Waals surface area (Å²) < 4.78 is 0. The molecule has 0 heterocycles. The van der Waals surface area contributed by atoms with E-state index in [0.717, 1.165) is 27.9 Å². The Bertz CT molecular complexity index is 345. The fraction of sp³-hybridized carbons (Fsp3) is 0.538. The average molecular weight is 322 g/mol. The van der Waals surface area contributed by atoms with Crippen LogP contribution in [0.2, 0.25) is 10.0 Å². The van der Waals surface area contributed by atoms with Crippen LogP contribution >= 0.6 is 39.1 Å². The van der Waals surface area contributed by atoms with Crippen molar-refractivity contribution in [2.24, 2.45) is 5.92 Å². The maximum Gasteiger partial charge on any atom is 0.0452 e. The van der Waals surface area contributed by atoms with Crippen molar-refractivity contribution in [3.63, 3.8) is 0 Å². The van der Waals surface area contributed by atoms with Gasteiger partial charge >= 0.3 is 0 Å². The van der Waals surface area contributed by atoms with Gasteiger partial charge in [-0.15, -0.1) is 0 Å². The van der Waals surface area contributed by atoms with Crippen LogP contribution in [0.5, 0.6) is 0 Å². The lowest BCUT2D eigenvalue weighted by Gasteiger charge is -2.26. The second kappa shape index (κ2) is 5.75. The van der Waals surface area contributed by atoms with Crippen LogP contribution in [0, 0.1) is 5.92 Å².